The second kappa shape index (κ2) is 18.2. The van der Waals surface area contributed by atoms with E-state index in [2.05, 4.69) is 97.9 Å². The Balaban J connectivity index is 0.000000244. The Labute approximate surface area is 320 Å². The Morgan fingerprint density at radius 2 is 1.28 bits per heavy atom. The van der Waals surface area contributed by atoms with Crippen molar-refractivity contribution in [2.45, 2.75) is 80.1 Å². The molecule has 0 N–H and O–H groups in total. The summed E-state index contributed by atoms with van der Waals surface area (Å²) in [5.41, 5.74) is 16.7. The Hall–Kier alpha value is -1.86. The van der Waals surface area contributed by atoms with E-state index in [0.717, 1.165) is 16.5 Å². The third-order valence-electron chi connectivity index (χ3n) is 8.48. The molecule has 0 amide bonds. The van der Waals surface area contributed by atoms with Crippen LogP contribution in [0.25, 0.3) is 11.1 Å². The number of fused-ring (bicyclic) bond motifs is 3. The molecular weight excluding hydrogens is 737 g/mol. The maximum atomic E-state index is 5.86. The van der Waals surface area contributed by atoms with Gasteiger partial charge in [-0.3, -0.25) is 0 Å². The summed E-state index contributed by atoms with van der Waals surface area (Å²) in [6.07, 6.45) is 3.51. The van der Waals surface area contributed by atoms with Gasteiger partial charge in [0, 0.05) is 0 Å². The number of hydrogen-bond donors (Lipinski definition) is 0. The van der Waals surface area contributed by atoms with Crippen LogP contribution in [-0.2, 0) is 42.5 Å². The van der Waals surface area contributed by atoms with Crippen molar-refractivity contribution in [2.24, 2.45) is 0 Å². The predicted octanol–water partition coefficient (Wildman–Crippen LogP) is 6.06. The van der Waals surface area contributed by atoms with E-state index in [9.17, 15) is 0 Å². The summed E-state index contributed by atoms with van der Waals surface area (Å²) in [5, 5.41) is 1.53. The van der Waals surface area contributed by atoms with Crippen molar-refractivity contribution >= 4 is 26.4 Å². The average molecular weight is 782 g/mol. The number of aryl methyl sites for hydroxylation is 5. The summed E-state index contributed by atoms with van der Waals surface area (Å²) in [7, 11) is 0. The Morgan fingerprint density at radius 1 is 0.766 bits per heavy atom. The quantitative estimate of drug-likeness (QED) is 0.191. The van der Waals surface area contributed by atoms with E-state index in [4.69, 9.17) is 23.2 Å². The number of benzene rings is 4. The standard InChI is InChI=1S/C17H17.C13H8Cl2.C12H19.2ClH.Zr/c1-10-5-14-9-15-6-11(2)13(4)8-17(15)16(14)7-12(10)3;14-12-5-1-10(2-6-12)9-11-3-7-13(15)8-4-11;1-5-6-10-7-8-11(9-10)12(2,3)4;;;/h5,7-8H,9H2,1-4H3;1-8H;7-9H,5-6H2,1-4H3;2*1H;/q-1;;-1;;;+2/p-2. The van der Waals surface area contributed by atoms with Crippen LogP contribution in [0.3, 0.4) is 0 Å². The first-order valence-corrected chi connectivity index (χ1v) is 17.7. The molecule has 0 bridgehead atoms. The monoisotopic (exact) mass is 778 g/mol. The zero-order chi connectivity index (χ0) is 32.9. The second-order valence-electron chi connectivity index (χ2n) is 13.1. The van der Waals surface area contributed by atoms with E-state index >= 15 is 0 Å². The molecule has 0 aromatic heterocycles. The summed E-state index contributed by atoms with van der Waals surface area (Å²) >= 11 is 13.1. The molecule has 0 heterocycles. The summed E-state index contributed by atoms with van der Waals surface area (Å²) in [6.45, 7) is 17.7. The van der Waals surface area contributed by atoms with Crippen molar-refractivity contribution in [3.8, 4) is 11.1 Å². The molecule has 0 spiro atoms. The molecule has 5 aromatic rings. The molecule has 0 atom stereocenters. The van der Waals surface area contributed by atoms with Crippen LogP contribution in [0.5, 0.6) is 0 Å². The van der Waals surface area contributed by atoms with Gasteiger partial charge in [-0.05, 0) is 37.0 Å². The van der Waals surface area contributed by atoms with Crippen molar-refractivity contribution in [2.75, 3.05) is 0 Å². The maximum absolute atomic E-state index is 5.86. The van der Waals surface area contributed by atoms with E-state index in [-0.39, 0.29) is 24.8 Å². The molecule has 1 aliphatic carbocycles. The number of hydrogen-bond acceptors (Lipinski definition) is 0. The fraction of sp³-hybridized carbons (Fsp3) is 0.286. The molecule has 1 aliphatic rings. The number of halogens is 4. The maximum Gasteiger partial charge on any atom is -1.00 e. The number of rotatable bonds is 4. The summed E-state index contributed by atoms with van der Waals surface area (Å²) in [4.78, 5) is 0. The molecule has 0 radical (unpaired) electrons. The van der Waals surface area contributed by atoms with Gasteiger partial charge >= 0.3 is 120 Å². The van der Waals surface area contributed by atoms with Crippen molar-refractivity contribution in [1.82, 2.24) is 0 Å². The SMILES string of the molecule is CCCc1cc(C(C)(C)C)c[cH-]1.Cc1[c-]c2c(cc1C)-c1cc(C)c(C)cc1C2.Clc1ccc([C](=[Zr+2])c2ccc(Cl)cc2)cc1.[Cl-].[Cl-]. The summed E-state index contributed by atoms with van der Waals surface area (Å²) in [6, 6.07) is 33.2. The normalized spacial score (nSPS) is 11.1. The molecule has 5 aromatic carbocycles. The molecule has 0 fully saturated rings. The molecule has 47 heavy (non-hydrogen) atoms. The topological polar surface area (TPSA) is 0 Å². The van der Waals surface area contributed by atoms with E-state index in [1.165, 1.54) is 107 Å². The van der Waals surface area contributed by atoms with Crippen molar-refractivity contribution < 1.29 is 49.0 Å². The van der Waals surface area contributed by atoms with Gasteiger partial charge in [-0.15, -0.1) is 11.1 Å². The van der Waals surface area contributed by atoms with Gasteiger partial charge in [-0.25, -0.2) is 6.07 Å². The van der Waals surface area contributed by atoms with Gasteiger partial charge in [0.2, 0.25) is 0 Å². The molecule has 0 saturated carbocycles. The minimum atomic E-state index is 0. The summed E-state index contributed by atoms with van der Waals surface area (Å²) in [5.74, 6) is 0. The van der Waals surface area contributed by atoms with Gasteiger partial charge in [0.15, 0.2) is 0 Å². The van der Waals surface area contributed by atoms with Gasteiger partial charge in [-0.2, -0.15) is 46.5 Å². The first-order valence-electron chi connectivity index (χ1n) is 15.8. The molecule has 6 rings (SSSR count). The second-order valence-corrected chi connectivity index (χ2v) is 15.2. The minimum Gasteiger partial charge on any atom is -1.00 e. The van der Waals surface area contributed by atoms with Crippen LogP contribution < -0.4 is 24.8 Å². The Morgan fingerprint density at radius 3 is 1.77 bits per heavy atom. The zero-order valence-corrected chi connectivity index (χ0v) is 34.2. The molecule has 246 valence electrons. The molecule has 0 aliphatic heterocycles. The van der Waals surface area contributed by atoms with Crippen LogP contribution in [0.15, 0.2) is 84.9 Å². The fourth-order valence-electron chi connectivity index (χ4n) is 5.45. The van der Waals surface area contributed by atoms with Crippen LogP contribution in [-0.4, -0.2) is 3.21 Å². The molecule has 0 unspecified atom stereocenters. The van der Waals surface area contributed by atoms with Crippen molar-refractivity contribution in [1.29, 1.82) is 0 Å². The predicted molar refractivity (Wildman–Crippen MR) is 193 cm³/mol. The molecule has 5 heteroatoms. The van der Waals surface area contributed by atoms with Crippen molar-refractivity contribution in [3.05, 3.63) is 157 Å². The third-order valence-corrected chi connectivity index (χ3v) is 10.4. The van der Waals surface area contributed by atoms with E-state index in [0.29, 0.717) is 5.41 Å². The first kappa shape index (κ1) is 41.3. The largest absolute Gasteiger partial charge is 1.00 e. The zero-order valence-electron chi connectivity index (χ0n) is 28.7. The Bertz CT molecular complexity index is 1670. The van der Waals surface area contributed by atoms with E-state index < -0.39 is 0 Å². The van der Waals surface area contributed by atoms with Gasteiger partial charge in [0.05, 0.1) is 0 Å². The van der Waals surface area contributed by atoms with Gasteiger partial charge < -0.3 is 24.8 Å². The fourth-order valence-corrected chi connectivity index (χ4v) is 6.52. The van der Waals surface area contributed by atoms with E-state index in [1.807, 2.05) is 48.5 Å². The first-order chi connectivity index (χ1) is 21.3. The van der Waals surface area contributed by atoms with Gasteiger partial charge in [0.1, 0.15) is 0 Å². The smallest absolute Gasteiger partial charge is 1.00 e. The Kier molecular flexibility index (Phi) is 16.0. The minimum absolute atomic E-state index is 0. The van der Waals surface area contributed by atoms with Crippen LogP contribution in [0.1, 0.15) is 89.8 Å². The van der Waals surface area contributed by atoms with Crippen LogP contribution in [0, 0.1) is 33.8 Å². The van der Waals surface area contributed by atoms with Crippen LogP contribution >= 0.6 is 23.2 Å². The van der Waals surface area contributed by atoms with E-state index in [1.54, 1.807) is 0 Å². The third kappa shape index (κ3) is 11.1. The molecule has 0 saturated heterocycles. The van der Waals surface area contributed by atoms with Crippen molar-refractivity contribution in [3.63, 3.8) is 0 Å². The van der Waals surface area contributed by atoms with Crippen LogP contribution in [0.4, 0.5) is 0 Å². The van der Waals surface area contributed by atoms with Crippen LogP contribution in [0.2, 0.25) is 10.0 Å². The average Bonchev–Trinajstić information content (AvgIpc) is 3.60. The molecule has 0 nitrogen and oxygen atoms in total. The van der Waals surface area contributed by atoms with Gasteiger partial charge in [-0.1, -0.05) is 77.5 Å². The molecular formula is C42H44Cl4Zr-2. The summed E-state index contributed by atoms with van der Waals surface area (Å²) < 4.78 is 1.31. The van der Waals surface area contributed by atoms with Gasteiger partial charge in [0.25, 0.3) is 0 Å².